The average molecular weight is 409 g/mol. The molecule has 0 radical (unpaired) electrons. The van der Waals surface area contributed by atoms with Crippen molar-refractivity contribution in [2.75, 3.05) is 19.7 Å². The van der Waals surface area contributed by atoms with Crippen LogP contribution < -0.4 is 10.1 Å². The Labute approximate surface area is 179 Å². The third-order valence-electron chi connectivity index (χ3n) is 5.55. The molecule has 2 amide bonds. The van der Waals surface area contributed by atoms with Gasteiger partial charge in [0.1, 0.15) is 5.75 Å². The molecule has 0 unspecified atom stereocenters. The van der Waals surface area contributed by atoms with E-state index in [1.165, 1.54) is 0 Å². The Balaban J connectivity index is 1.47. The molecule has 30 heavy (non-hydrogen) atoms. The summed E-state index contributed by atoms with van der Waals surface area (Å²) < 4.78 is 5.94. The topological polar surface area (TPSA) is 58.6 Å². The van der Waals surface area contributed by atoms with Crippen molar-refractivity contribution in [3.63, 3.8) is 0 Å². The van der Waals surface area contributed by atoms with Gasteiger partial charge in [-0.25, -0.2) is 0 Å². The number of hydrogen-bond acceptors (Lipinski definition) is 3. The van der Waals surface area contributed by atoms with Gasteiger partial charge in [-0.2, -0.15) is 0 Å². The van der Waals surface area contributed by atoms with Crippen molar-refractivity contribution < 1.29 is 14.3 Å². The van der Waals surface area contributed by atoms with Gasteiger partial charge < -0.3 is 15.0 Å². The molecule has 1 fully saturated rings. The van der Waals surface area contributed by atoms with Gasteiger partial charge in [0, 0.05) is 30.3 Å². The average Bonchev–Trinajstić information content (AvgIpc) is 2.73. The minimum atomic E-state index is -0.0718. The van der Waals surface area contributed by atoms with Crippen molar-refractivity contribution >= 4 is 11.8 Å². The van der Waals surface area contributed by atoms with Gasteiger partial charge in [0.2, 0.25) is 0 Å². The zero-order chi connectivity index (χ0) is 21.7. The number of aryl methyl sites for hydroxylation is 2. The number of rotatable bonds is 6. The molecule has 0 saturated carbocycles. The number of carbonyl (C=O) groups excluding carboxylic acids is 2. The highest BCUT2D eigenvalue weighted by atomic mass is 16.5. The molecular weight excluding hydrogens is 376 g/mol. The first-order valence-electron chi connectivity index (χ1n) is 10.7. The summed E-state index contributed by atoms with van der Waals surface area (Å²) in [5.41, 5.74) is 3.59. The van der Waals surface area contributed by atoms with Gasteiger partial charge in [0.05, 0.1) is 6.61 Å². The van der Waals surface area contributed by atoms with Gasteiger partial charge in [-0.3, -0.25) is 9.59 Å². The summed E-state index contributed by atoms with van der Waals surface area (Å²) >= 11 is 0. The van der Waals surface area contributed by atoms with Gasteiger partial charge in [-0.05, 0) is 82.3 Å². The maximum absolute atomic E-state index is 12.9. The highest BCUT2D eigenvalue weighted by Crippen LogP contribution is 2.22. The number of nitrogens with zero attached hydrogens (tertiary/aromatic N) is 1. The highest BCUT2D eigenvalue weighted by molar-refractivity contribution is 5.96. The normalized spacial score (nSPS) is 14.6. The Kier molecular flexibility index (Phi) is 7.14. The lowest BCUT2D eigenvalue weighted by Gasteiger charge is -2.32. The Morgan fingerprint density at radius 3 is 2.37 bits per heavy atom. The zero-order valence-electron chi connectivity index (χ0n) is 18.4. The van der Waals surface area contributed by atoms with E-state index in [1.54, 1.807) is 12.1 Å². The number of carbonyl (C=O) groups is 2. The molecular formula is C25H32N2O3. The summed E-state index contributed by atoms with van der Waals surface area (Å²) in [6, 6.07) is 13.4. The Morgan fingerprint density at radius 1 is 1.07 bits per heavy atom. The lowest BCUT2D eigenvalue weighted by atomic mass is 9.96. The van der Waals surface area contributed by atoms with Crippen molar-refractivity contribution in [1.29, 1.82) is 0 Å². The summed E-state index contributed by atoms with van der Waals surface area (Å²) in [4.78, 5) is 26.8. The first-order chi connectivity index (χ1) is 14.3. The van der Waals surface area contributed by atoms with Crippen LogP contribution in [0.5, 0.6) is 5.75 Å². The molecule has 5 heteroatoms. The lowest BCUT2D eigenvalue weighted by molar-refractivity contribution is 0.0660. The molecule has 5 nitrogen and oxygen atoms in total. The van der Waals surface area contributed by atoms with Gasteiger partial charge >= 0.3 is 0 Å². The van der Waals surface area contributed by atoms with Gasteiger partial charge in [-0.1, -0.05) is 17.7 Å². The van der Waals surface area contributed by atoms with Crippen molar-refractivity contribution in [2.24, 2.45) is 5.92 Å². The number of nitrogens with one attached hydrogen (secondary N) is 1. The van der Waals surface area contributed by atoms with Crippen LogP contribution in [-0.2, 0) is 0 Å². The number of piperidine rings is 1. The van der Waals surface area contributed by atoms with Crippen LogP contribution in [0, 0.1) is 19.8 Å². The van der Waals surface area contributed by atoms with Gasteiger partial charge in [0.25, 0.3) is 11.8 Å². The maximum Gasteiger partial charge on any atom is 0.254 e. The monoisotopic (exact) mass is 408 g/mol. The van der Waals surface area contributed by atoms with E-state index >= 15 is 0 Å². The van der Waals surface area contributed by atoms with Crippen molar-refractivity contribution in [1.82, 2.24) is 10.2 Å². The minimum Gasteiger partial charge on any atom is -0.493 e. The second kappa shape index (κ2) is 9.79. The number of amides is 2. The molecule has 2 aromatic carbocycles. The van der Waals surface area contributed by atoms with Crippen LogP contribution >= 0.6 is 0 Å². The predicted octanol–water partition coefficient (Wildman–Crippen LogP) is 4.37. The Hall–Kier alpha value is -2.82. The minimum absolute atomic E-state index is 0.0718. The summed E-state index contributed by atoms with van der Waals surface area (Å²) in [5, 5.41) is 2.88. The SMILES string of the molecule is Cc1ccc(C)c(C(=O)N2CCC(COc3ccc(C(=O)NC(C)C)cc3)CC2)c1. The molecule has 1 saturated heterocycles. The molecule has 1 aliphatic rings. The van der Waals surface area contributed by atoms with E-state index in [-0.39, 0.29) is 17.9 Å². The third kappa shape index (κ3) is 5.62. The third-order valence-corrected chi connectivity index (χ3v) is 5.55. The number of ether oxygens (including phenoxy) is 1. The smallest absolute Gasteiger partial charge is 0.254 e. The van der Waals surface area contributed by atoms with Crippen LogP contribution in [0.2, 0.25) is 0 Å². The fourth-order valence-corrected chi connectivity index (χ4v) is 3.70. The summed E-state index contributed by atoms with van der Waals surface area (Å²) in [6.07, 6.45) is 1.87. The van der Waals surface area contributed by atoms with Crippen LogP contribution in [-0.4, -0.2) is 42.5 Å². The van der Waals surface area contributed by atoms with E-state index in [0.717, 1.165) is 48.4 Å². The largest absolute Gasteiger partial charge is 0.493 e. The molecule has 0 atom stereocenters. The Bertz CT molecular complexity index is 882. The summed E-state index contributed by atoms with van der Waals surface area (Å²) in [6.45, 7) is 10.0. The predicted molar refractivity (Wildman–Crippen MR) is 119 cm³/mol. The van der Waals surface area contributed by atoms with Crippen LogP contribution in [0.15, 0.2) is 42.5 Å². The number of benzene rings is 2. The fourth-order valence-electron chi connectivity index (χ4n) is 3.70. The molecule has 0 spiro atoms. The van der Waals surface area contributed by atoms with Crippen LogP contribution in [0.1, 0.15) is 58.5 Å². The standard InChI is InChI=1S/C25H32N2O3/c1-17(2)26-24(28)21-7-9-22(10-8-21)30-16-20-11-13-27(14-12-20)25(29)23-15-18(3)5-6-19(23)4/h5-10,15,17,20H,11-14,16H2,1-4H3,(H,26,28). The van der Waals surface area contributed by atoms with Crippen molar-refractivity contribution in [3.05, 3.63) is 64.7 Å². The molecule has 0 aromatic heterocycles. The second-order valence-corrected chi connectivity index (χ2v) is 8.52. The van der Waals surface area contributed by atoms with Crippen molar-refractivity contribution in [2.45, 2.75) is 46.6 Å². The summed E-state index contributed by atoms with van der Waals surface area (Å²) in [5.74, 6) is 1.25. The zero-order valence-corrected chi connectivity index (χ0v) is 18.4. The molecule has 1 N–H and O–H groups in total. The first kappa shape index (κ1) is 21.9. The van der Waals surface area contributed by atoms with Gasteiger partial charge in [0.15, 0.2) is 0 Å². The summed E-state index contributed by atoms with van der Waals surface area (Å²) in [7, 11) is 0. The first-order valence-corrected chi connectivity index (χ1v) is 10.7. The quantitative estimate of drug-likeness (QED) is 0.772. The van der Waals surface area contributed by atoms with E-state index < -0.39 is 0 Å². The molecule has 160 valence electrons. The maximum atomic E-state index is 12.9. The molecule has 2 aromatic rings. The fraction of sp³-hybridized carbons (Fsp3) is 0.440. The molecule has 0 aliphatic carbocycles. The van der Waals surface area contributed by atoms with Crippen LogP contribution in [0.4, 0.5) is 0 Å². The number of likely N-dealkylation sites (tertiary alicyclic amines) is 1. The van der Waals surface area contributed by atoms with Gasteiger partial charge in [-0.15, -0.1) is 0 Å². The van der Waals surface area contributed by atoms with E-state index in [1.807, 2.05) is 62.9 Å². The molecule has 3 rings (SSSR count). The van der Waals surface area contributed by atoms with Crippen LogP contribution in [0.3, 0.4) is 0 Å². The van der Waals surface area contributed by atoms with Crippen molar-refractivity contribution in [3.8, 4) is 5.75 Å². The molecule has 0 bridgehead atoms. The van der Waals surface area contributed by atoms with E-state index in [4.69, 9.17) is 4.74 Å². The van der Waals surface area contributed by atoms with E-state index in [0.29, 0.717) is 18.1 Å². The number of hydrogen-bond donors (Lipinski definition) is 1. The highest BCUT2D eigenvalue weighted by Gasteiger charge is 2.25. The lowest BCUT2D eigenvalue weighted by Crippen LogP contribution is -2.40. The molecule has 1 heterocycles. The van der Waals surface area contributed by atoms with E-state index in [2.05, 4.69) is 5.32 Å². The molecule has 1 aliphatic heterocycles. The van der Waals surface area contributed by atoms with Crippen LogP contribution in [0.25, 0.3) is 0 Å². The Morgan fingerprint density at radius 2 is 1.73 bits per heavy atom. The second-order valence-electron chi connectivity index (χ2n) is 8.52. The van der Waals surface area contributed by atoms with E-state index in [9.17, 15) is 9.59 Å².